The first kappa shape index (κ1) is 12.6. The standard InChI is InChI=1S/C12H15F2NO/c1-2-16-8-4-7-15-9-10-11(13)5-3-6-12(10)14/h2-3,5-6,15H,1,4,7-9H2. The number of hydrogen-bond donors (Lipinski definition) is 1. The van der Waals surface area contributed by atoms with Crippen LogP contribution in [-0.4, -0.2) is 13.2 Å². The zero-order valence-electron chi connectivity index (χ0n) is 9.01. The van der Waals surface area contributed by atoms with Gasteiger partial charge in [-0.05, 0) is 25.1 Å². The molecule has 0 saturated heterocycles. The van der Waals surface area contributed by atoms with Crippen LogP contribution in [0.25, 0.3) is 0 Å². The van der Waals surface area contributed by atoms with Crippen molar-refractivity contribution in [1.29, 1.82) is 0 Å². The minimum absolute atomic E-state index is 0.0761. The maximum Gasteiger partial charge on any atom is 0.130 e. The van der Waals surface area contributed by atoms with Crippen LogP contribution in [0.1, 0.15) is 12.0 Å². The molecule has 1 N–H and O–H groups in total. The Labute approximate surface area is 93.9 Å². The first-order valence-corrected chi connectivity index (χ1v) is 5.12. The molecule has 0 saturated carbocycles. The maximum atomic E-state index is 13.2. The lowest BCUT2D eigenvalue weighted by molar-refractivity contribution is 0.244. The minimum atomic E-state index is -0.519. The van der Waals surface area contributed by atoms with Crippen LogP contribution in [0.2, 0.25) is 0 Å². The lowest BCUT2D eigenvalue weighted by Gasteiger charge is -2.06. The van der Waals surface area contributed by atoms with E-state index in [4.69, 9.17) is 4.74 Å². The van der Waals surface area contributed by atoms with Gasteiger partial charge in [0.05, 0.1) is 12.9 Å². The number of hydrogen-bond acceptors (Lipinski definition) is 2. The number of halogens is 2. The van der Waals surface area contributed by atoms with Crippen LogP contribution in [0.4, 0.5) is 8.78 Å². The lowest BCUT2D eigenvalue weighted by atomic mass is 10.2. The molecule has 0 heterocycles. The van der Waals surface area contributed by atoms with Gasteiger partial charge in [0, 0.05) is 12.1 Å². The maximum absolute atomic E-state index is 13.2. The third-order valence-corrected chi connectivity index (χ3v) is 2.10. The van der Waals surface area contributed by atoms with Crippen molar-refractivity contribution in [2.45, 2.75) is 13.0 Å². The van der Waals surface area contributed by atoms with Gasteiger partial charge in [-0.25, -0.2) is 8.78 Å². The Morgan fingerprint density at radius 1 is 1.31 bits per heavy atom. The zero-order valence-corrected chi connectivity index (χ0v) is 9.01. The van der Waals surface area contributed by atoms with E-state index >= 15 is 0 Å². The van der Waals surface area contributed by atoms with E-state index in [9.17, 15) is 8.78 Å². The fraction of sp³-hybridized carbons (Fsp3) is 0.333. The van der Waals surface area contributed by atoms with E-state index in [0.29, 0.717) is 13.2 Å². The number of ether oxygens (including phenoxy) is 1. The Hall–Kier alpha value is -1.42. The smallest absolute Gasteiger partial charge is 0.130 e. The molecule has 0 aliphatic heterocycles. The van der Waals surface area contributed by atoms with Crippen molar-refractivity contribution < 1.29 is 13.5 Å². The van der Waals surface area contributed by atoms with Gasteiger partial charge >= 0.3 is 0 Å². The molecule has 0 aromatic heterocycles. The molecular weight excluding hydrogens is 212 g/mol. The van der Waals surface area contributed by atoms with Crippen LogP contribution in [0.15, 0.2) is 31.0 Å². The average molecular weight is 227 g/mol. The summed E-state index contributed by atoms with van der Waals surface area (Å²) in [5.41, 5.74) is 0.0761. The summed E-state index contributed by atoms with van der Waals surface area (Å²) >= 11 is 0. The average Bonchev–Trinajstić information content (AvgIpc) is 2.26. The largest absolute Gasteiger partial charge is 0.502 e. The van der Waals surface area contributed by atoms with Crippen molar-refractivity contribution in [3.63, 3.8) is 0 Å². The van der Waals surface area contributed by atoms with Gasteiger partial charge in [-0.3, -0.25) is 0 Å². The quantitative estimate of drug-likeness (QED) is 0.571. The Bertz CT molecular complexity index is 322. The summed E-state index contributed by atoms with van der Waals surface area (Å²) in [6, 6.07) is 3.86. The third kappa shape index (κ3) is 3.98. The van der Waals surface area contributed by atoms with Crippen molar-refractivity contribution in [2.75, 3.05) is 13.2 Å². The van der Waals surface area contributed by atoms with Crippen molar-refractivity contribution >= 4 is 0 Å². The predicted molar refractivity (Wildman–Crippen MR) is 58.8 cm³/mol. The molecule has 1 rings (SSSR count). The molecule has 0 amide bonds. The molecule has 0 atom stereocenters. The van der Waals surface area contributed by atoms with Crippen molar-refractivity contribution in [1.82, 2.24) is 5.32 Å². The normalized spacial score (nSPS) is 10.1. The highest BCUT2D eigenvalue weighted by atomic mass is 19.1. The van der Waals surface area contributed by atoms with Crippen LogP contribution >= 0.6 is 0 Å². The van der Waals surface area contributed by atoms with Gasteiger partial charge in [-0.1, -0.05) is 12.6 Å². The molecule has 0 fully saturated rings. The van der Waals surface area contributed by atoms with Crippen molar-refractivity contribution in [2.24, 2.45) is 0 Å². The van der Waals surface area contributed by atoms with Crippen molar-refractivity contribution in [3.05, 3.63) is 48.2 Å². The first-order valence-electron chi connectivity index (χ1n) is 5.12. The van der Waals surface area contributed by atoms with Crippen LogP contribution in [0, 0.1) is 11.6 Å². The van der Waals surface area contributed by atoms with Gasteiger partial charge in [0.1, 0.15) is 11.6 Å². The van der Waals surface area contributed by atoms with Gasteiger partial charge in [0.15, 0.2) is 0 Å². The molecule has 0 spiro atoms. The summed E-state index contributed by atoms with van der Waals surface area (Å²) in [5.74, 6) is -1.04. The van der Waals surface area contributed by atoms with Crippen LogP contribution in [-0.2, 0) is 11.3 Å². The molecule has 0 aliphatic carbocycles. The number of rotatable bonds is 7. The summed E-state index contributed by atoms with van der Waals surface area (Å²) in [4.78, 5) is 0. The number of nitrogens with one attached hydrogen (secondary N) is 1. The Morgan fingerprint density at radius 2 is 2.00 bits per heavy atom. The van der Waals surface area contributed by atoms with Gasteiger partial charge in [-0.15, -0.1) is 0 Å². The second kappa shape index (κ2) is 6.95. The third-order valence-electron chi connectivity index (χ3n) is 2.10. The van der Waals surface area contributed by atoms with E-state index < -0.39 is 11.6 Å². The van der Waals surface area contributed by atoms with Crippen LogP contribution < -0.4 is 5.32 Å². The van der Waals surface area contributed by atoms with Gasteiger partial charge in [0.2, 0.25) is 0 Å². The zero-order chi connectivity index (χ0) is 11.8. The molecular formula is C12H15F2NO. The topological polar surface area (TPSA) is 21.3 Å². The Kier molecular flexibility index (Phi) is 5.50. The van der Waals surface area contributed by atoms with E-state index in [0.717, 1.165) is 6.42 Å². The molecule has 0 radical (unpaired) electrons. The molecule has 0 unspecified atom stereocenters. The summed E-state index contributed by atoms with van der Waals surface area (Å²) in [6.45, 7) is 4.79. The molecule has 4 heteroatoms. The van der Waals surface area contributed by atoms with E-state index in [2.05, 4.69) is 11.9 Å². The molecule has 1 aromatic carbocycles. The molecule has 2 nitrogen and oxygen atoms in total. The fourth-order valence-electron chi connectivity index (χ4n) is 1.28. The first-order chi connectivity index (χ1) is 7.75. The summed E-state index contributed by atoms with van der Waals surface area (Å²) in [6.07, 6.45) is 2.14. The Morgan fingerprint density at radius 3 is 2.62 bits per heavy atom. The van der Waals surface area contributed by atoms with Crippen LogP contribution in [0.5, 0.6) is 0 Å². The lowest BCUT2D eigenvalue weighted by Crippen LogP contribution is -2.17. The highest BCUT2D eigenvalue weighted by Crippen LogP contribution is 2.11. The van der Waals surface area contributed by atoms with E-state index in [1.165, 1.54) is 24.5 Å². The highest BCUT2D eigenvalue weighted by Gasteiger charge is 2.06. The summed E-state index contributed by atoms with van der Waals surface area (Å²) < 4.78 is 31.2. The Balaban J connectivity index is 2.29. The molecule has 0 aliphatic rings. The fourth-order valence-corrected chi connectivity index (χ4v) is 1.28. The van der Waals surface area contributed by atoms with E-state index in [1.807, 2.05) is 0 Å². The second-order valence-electron chi connectivity index (χ2n) is 3.27. The van der Waals surface area contributed by atoms with Gasteiger partial charge in [-0.2, -0.15) is 0 Å². The van der Waals surface area contributed by atoms with E-state index in [-0.39, 0.29) is 12.1 Å². The minimum Gasteiger partial charge on any atom is -0.502 e. The van der Waals surface area contributed by atoms with Gasteiger partial charge < -0.3 is 10.1 Å². The SMILES string of the molecule is C=COCCCNCc1c(F)cccc1F. The molecule has 1 aromatic rings. The monoisotopic (exact) mass is 227 g/mol. The second-order valence-corrected chi connectivity index (χ2v) is 3.27. The highest BCUT2D eigenvalue weighted by molar-refractivity contribution is 5.19. The molecule has 16 heavy (non-hydrogen) atoms. The number of benzene rings is 1. The van der Waals surface area contributed by atoms with Gasteiger partial charge in [0.25, 0.3) is 0 Å². The van der Waals surface area contributed by atoms with Crippen LogP contribution in [0.3, 0.4) is 0 Å². The molecule has 88 valence electrons. The van der Waals surface area contributed by atoms with E-state index in [1.54, 1.807) is 0 Å². The molecule has 0 bridgehead atoms. The summed E-state index contributed by atoms with van der Waals surface area (Å²) in [7, 11) is 0. The summed E-state index contributed by atoms with van der Waals surface area (Å²) in [5, 5.41) is 2.95. The predicted octanol–water partition coefficient (Wildman–Crippen LogP) is 2.60. The van der Waals surface area contributed by atoms with Crippen molar-refractivity contribution in [3.8, 4) is 0 Å².